The quantitative estimate of drug-likeness (QED) is 0.290. The van der Waals surface area contributed by atoms with Gasteiger partial charge >= 0.3 is 6.03 Å². The third-order valence-corrected chi connectivity index (χ3v) is 7.64. The lowest BCUT2D eigenvalue weighted by molar-refractivity contribution is -0.114. The monoisotopic (exact) mass is 552 g/mol. The summed E-state index contributed by atoms with van der Waals surface area (Å²) in [4.78, 5) is 26.8. The molecule has 6 nitrogen and oxygen atoms in total. The average Bonchev–Trinajstić information content (AvgIpc) is 2.87. The molecule has 1 aliphatic heterocycles. The van der Waals surface area contributed by atoms with Crippen molar-refractivity contribution in [3.8, 4) is 11.1 Å². The summed E-state index contributed by atoms with van der Waals surface area (Å²) in [7, 11) is 0. The Hall–Kier alpha value is -3.06. The number of nitrogens with one attached hydrogen (secondary N) is 3. The molecule has 0 unspecified atom stereocenters. The summed E-state index contributed by atoms with van der Waals surface area (Å²) < 4.78 is 0. The molecule has 4 rings (SSSR count). The van der Waals surface area contributed by atoms with Crippen molar-refractivity contribution in [1.82, 2.24) is 10.2 Å². The van der Waals surface area contributed by atoms with Crippen LogP contribution in [0.2, 0.25) is 10.0 Å². The minimum absolute atomic E-state index is 0.0952. The Balaban J connectivity index is 1.53. The summed E-state index contributed by atoms with van der Waals surface area (Å²) in [5.41, 5.74) is 4.44. The van der Waals surface area contributed by atoms with E-state index in [-0.39, 0.29) is 17.4 Å². The number of amides is 3. The third-order valence-electron chi connectivity index (χ3n) is 7.21. The van der Waals surface area contributed by atoms with Crippen LogP contribution in [0.3, 0.4) is 0 Å². The van der Waals surface area contributed by atoms with E-state index < -0.39 is 0 Å². The molecule has 3 aromatic rings. The maximum absolute atomic E-state index is 12.8. The van der Waals surface area contributed by atoms with E-state index >= 15 is 0 Å². The molecule has 38 heavy (non-hydrogen) atoms. The Morgan fingerprint density at radius 3 is 2.13 bits per heavy atom. The van der Waals surface area contributed by atoms with Crippen LogP contribution in [0.1, 0.15) is 39.2 Å². The van der Waals surface area contributed by atoms with Gasteiger partial charge < -0.3 is 20.9 Å². The van der Waals surface area contributed by atoms with Gasteiger partial charge in [-0.05, 0) is 86.8 Å². The molecule has 0 spiro atoms. The van der Waals surface area contributed by atoms with Gasteiger partial charge in [0.25, 0.3) is 0 Å². The second-order valence-corrected chi connectivity index (χ2v) is 11.1. The summed E-state index contributed by atoms with van der Waals surface area (Å²) in [6.07, 6.45) is 1.87. The number of nitrogens with zero attached hydrogens (tertiary/aromatic N) is 1. The number of urea groups is 1. The summed E-state index contributed by atoms with van der Waals surface area (Å²) in [5.74, 6) is -0.0952. The highest BCUT2D eigenvalue weighted by atomic mass is 35.5. The first kappa shape index (κ1) is 28.0. The van der Waals surface area contributed by atoms with Crippen LogP contribution in [-0.2, 0) is 10.2 Å². The van der Waals surface area contributed by atoms with E-state index in [1.807, 2.05) is 24.3 Å². The van der Waals surface area contributed by atoms with Crippen LogP contribution in [0.5, 0.6) is 0 Å². The molecular formula is C30H34Cl2N4O2. The number of anilines is 2. The lowest BCUT2D eigenvalue weighted by Gasteiger charge is -2.44. The molecule has 0 bridgehead atoms. The second kappa shape index (κ2) is 12.2. The predicted octanol–water partition coefficient (Wildman–Crippen LogP) is 7.18. The Morgan fingerprint density at radius 1 is 0.868 bits per heavy atom. The summed E-state index contributed by atoms with van der Waals surface area (Å²) in [6.45, 7) is 8.38. The number of rotatable bonds is 7. The van der Waals surface area contributed by atoms with Crippen molar-refractivity contribution in [3.05, 3.63) is 82.3 Å². The van der Waals surface area contributed by atoms with Crippen molar-refractivity contribution in [2.45, 2.75) is 45.1 Å². The van der Waals surface area contributed by atoms with Gasteiger partial charge in [0, 0.05) is 46.3 Å². The van der Waals surface area contributed by atoms with Crippen LogP contribution < -0.4 is 16.0 Å². The minimum Gasteiger partial charge on any atom is -0.337 e. The molecule has 0 aliphatic carbocycles. The lowest BCUT2D eigenvalue weighted by atomic mass is 9.72. The number of likely N-dealkylation sites (tertiary alicyclic amines) is 1. The van der Waals surface area contributed by atoms with E-state index in [0.29, 0.717) is 28.3 Å². The molecule has 0 saturated carbocycles. The normalized spacial score (nSPS) is 15.2. The maximum atomic E-state index is 12.8. The van der Waals surface area contributed by atoms with Crippen molar-refractivity contribution in [2.75, 3.05) is 30.3 Å². The van der Waals surface area contributed by atoms with E-state index in [1.54, 1.807) is 18.2 Å². The molecule has 1 fully saturated rings. The molecule has 1 heterocycles. The smallest absolute Gasteiger partial charge is 0.319 e. The Morgan fingerprint density at radius 2 is 1.53 bits per heavy atom. The van der Waals surface area contributed by atoms with Gasteiger partial charge in [-0.15, -0.1) is 0 Å². The van der Waals surface area contributed by atoms with Gasteiger partial charge in [-0.3, -0.25) is 4.79 Å². The highest BCUT2D eigenvalue weighted by Gasteiger charge is 2.37. The fourth-order valence-corrected chi connectivity index (χ4v) is 5.61. The number of hydrogen-bond acceptors (Lipinski definition) is 3. The van der Waals surface area contributed by atoms with Crippen LogP contribution in [0, 0.1) is 0 Å². The number of piperidine rings is 1. The summed E-state index contributed by atoms with van der Waals surface area (Å²) >= 11 is 12.2. The zero-order valence-electron chi connectivity index (χ0n) is 22.0. The van der Waals surface area contributed by atoms with Crippen LogP contribution in [-0.4, -0.2) is 42.5 Å². The van der Waals surface area contributed by atoms with Crippen molar-refractivity contribution < 1.29 is 9.59 Å². The van der Waals surface area contributed by atoms with Gasteiger partial charge in [-0.2, -0.15) is 0 Å². The number of halogens is 2. The Kier molecular flexibility index (Phi) is 8.98. The van der Waals surface area contributed by atoms with Gasteiger partial charge in [0.2, 0.25) is 5.91 Å². The molecule has 0 atom stereocenters. The Bertz CT molecular complexity index is 1270. The molecule has 8 heteroatoms. The number of carbonyl (C=O) groups excluding carboxylic acids is 2. The number of carbonyl (C=O) groups is 2. The average molecular weight is 554 g/mol. The lowest BCUT2D eigenvalue weighted by Crippen LogP contribution is -2.51. The summed E-state index contributed by atoms with van der Waals surface area (Å²) in [5, 5.41) is 9.72. The molecule has 3 N–H and O–H groups in total. The third kappa shape index (κ3) is 7.07. The first-order chi connectivity index (χ1) is 18.1. The van der Waals surface area contributed by atoms with Crippen LogP contribution in [0.4, 0.5) is 16.2 Å². The van der Waals surface area contributed by atoms with Crippen LogP contribution >= 0.6 is 23.2 Å². The van der Waals surface area contributed by atoms with E-state index in [2.05, 4.69) is 59.0 Å². The zero-order valence-corrected chi connectivity index (χ0v) is 23.5. The molecular weight excluding hydrogens is 519 g/mol. The number of benzene rings is 3. The summed E-state index contributed by atoms with van der Waals surface area (Å²) in [6, 6.07) is 21.6. The molecule has 1 aliphatic rings. The zero-order chi connectivity index (χ0) is 27.3. The fraction of sp³-hybridized carbons (Fsp3) is 0.333. The molecule has 1 saturated heterocycles. The molecule has 200 valence electrons. The first-order valence-corrected chi connectivity index (χ1v) is 13.6. The van der Waals surface area contributed by atoms with Gasteiger partial charge in [0.1, 0.15) is 0 Å². The maximum Gasteiger partial charge on any atom is 0.319 e. The Labute approximate surface area is 234 Å². The molecule has 0 aromatic heterocycles. The van der Waals surface area contributed by atoms with Gasteiger partial charge in [-0.25, -0.2) is 4.79 Å². The largest absolute Gasteiger partial charge is 0.337 e. The highest BCUT2D eigenvalue weighted by molar-refractivity contribution is 6.35. The van der Waals surface area contributed by atoms with Crippen LogP contribution in [0.15, 0.2) is 66.7 Å². The minimum atomic E-state index is -0.291. The SMILES string of the molecule is CC(=O)Nc1cccc(-c2ccc(C3(CNC(=O)Nc4cc(Cl)cc(Cl)c4)CCN(C(C)C)CC3)cc2)c1. The van der Waals surface area contributed by atoms with Crippen molar-refractivity contribution >= 4 is 46.5 Å². The topological polar surface area (TPSA) is 73.5 Å². The van der Waals surface area contributed by atoms with Gasteiger partial charge in [0.15, 0.2) is 0 Å². The van der Waals surface area contributed by atoms with Crippen molar-refractivity contribution in [3.63, 3.8) is 0 Å². The second-order valence-electron chi connectivity index (χ2n) is 10.2. The standard InChI is InChI=1S/C30H34Cl2N4O2/c1-20(2)36-13-11-30(12-14-36,19-33-29(38)35-28-17-25(31)16-26(32)18-28)24-9-7-22(8-10-24)23-5-4-6-27(15-23)34-21(3)37/h4-10,15-18,20H,11-14,19H2,1-3H3,(H,34,37)(H2,33,35,38). The molecule has 0 radical (unpaired) electrons. The van der Waals surface area contributed by atoms with Gasteiger partial charge in [-0.1, -0.05) is 59.6 Å². The molecule has 3 amide bonds. The predicted molar refractivity (Wildman–Crippen MR) is 157 cm³/mol. The van der Waals surface area contributed by atoms with Crippen molar-refractivity contribution in [2.24, 2.45) is 0 Å². The number of hydrogen-bond donors (Lipinski definition) is 3. The van der Waals surface area contributed by atoms with E-state index in [9.17, 15) is 9.59 Å². The molecule has 3 aromatic carbocycles. The fourth-order valence-electron chi connectivity index (χ4n) is 5.08. The highest BCUT2D eigenvalue weighted by Crippen LogP contribution is 2.37. The van der Waals surface area contributed by atoms with Crippen LogP contribution in [0.25, 0.3) is 11.1 Å². The van der Waals surface area contributed by atoms with E-state index in [1.165, 1.54) is 12.5 Å². The van der Waals surface area contributed by atoms with Gasteiger partial charge in [0.05, 0.1) is 0 Å². The first-order valence-electron chi connectivity index (χ1n) is 12.9. The van der Waals surface area contributed by atoms with E-state index in [0.717, 1.165) is 42.7 Å². The van der Waals surface area contributed by atoms with Crippen molar-refractivity contribution in [1.29, 1.82) is 0 Å². The van der Waals surface area contributed by atoms with E-state index in [4.69, 9.17) is 23.2 Å².